The first kappa shape index (κ1) is 12.1. The van der Waals surface area contributed by atoms with Gasteiger partial charge in [-0.3, -0.25) is 0 Å². The Morgan fingerprint density at radius 3 is 2.88 bits per heavy atom. The molecule has 1 aromatic rings. The van der Waals surface area contributed by atoms with Crippen molar-refractivity contribution >= 4 is 5.69 Å². The first-order valence-electron chi connectivity index (χ1n) is 5.55. The van der Waals surface area contributed by atoms with E-state index in [9.17, 15) is 4.39 Å². The number of nitrogen functional groups attached to an aromatic ring is 1. The van der Waals surface area contributed by atoms with Gasteiger partial charge >= 0.3 is 0 Å². The number of benzene rings is 1. The summed E-state index contributed by atoms with van der Waals surface area (Å²) in [5, 5.41) is 0. The molecule has 2 N–H and O–H groups in total. The van der Waals surface area contributed by atoms with E-state index in [4.69, 9.17) is 19.9 Å². The van der Waals surface area contributed by atoms with Crippen LogP contribution in [0.15, 0.2) is 18.2 Å². The number of hydrogen-bond acceptors (Lipinski definition) is 4. The summed E-state index contributed by atoms with van der Waals surface area (Å²) in [6.45, 7) is 0.425. The lowest BCUT2D eigenvalue weighted by atomic mass is 10.1. The monoisotopic (exact) mass is 241 g/mol. The summed E-state index contributed by atoms with van der Waals surface area (Å²) >= 11 is 0. The Kier molecular flexibility index (Phi) is 3.81. The Morgan fingerprint density at radius 2 is 2.24 bits per heavy atom. The molecule has 5 heteroatoms. The van der Waals surface area contributed by atoms with Crippen LogP contribution in [0, 0.1) is 5.82 Å². The standard InChI is InChI=1S/C12H16FNO3/c1-15-12-5-3-9(7-16-12)17-11-6-8(13)2-4-10(11)14/h2,4,6,9,12H,3,5,7,14H2,1H3. The van der Waals surface area contributed by atoms with Crippen LogP contribution in [0.3, 0.4) is 0 Å². The highest BCUT2D eigenvalue weighted by Crippen LogP contribution is 2.26. The van der Waals surface area contributed by atoms with Crippen molar-refractivity contribution in [2.75, 3.05) is 19.5 Å². The van der Waals surface area contributed by atoms with Crippen LogP contribution in [0.25, 0.3) is 0 Å². The van der Waals surface area contributed by atoms with E-state index in [1.54, 1.807) is 7.11 Å². The molecule has 1 heterocycles. The van der Waals surface area contributed by atoms with Gasteiger partial charge in [-0.2, -0.15) is 0 Å². The molecule has 1 aliphatic heterocycles. The largest absolute Gasteiger partial charge is 0.486 e. The van der Waals surface area contributed by atoms with Crippen LogP contribution in [-0.2, 0) is 9.47 Å². The fourth-order valence-electron chi connectivity index (χ4n) is 1.77. The number of methoxy groups -OCH3 is 1. The van der Waals surface area contributed by atoms with Gasteiger partial charge in [0.2, 0.25) is 0 Å². The van der Waals surface area contributed by atoms with Gasteiger partial charge in [-0.1, -0.05) is 0 Å². The molecule has 0 spiro atoms. The normalized spacial score (nSPS) is 24.6. The van der Waals surface area contributed by atoms with Crippen LogP contribution < -0.4 is 10.5 Å². The highest BCUT2D eigenvalue weighted by molar-refractivity contribution is 5.52. The van der Waals surface area contributed by atoms with Crippen molar-refractivity contribution in [2.24, 2.45) is 0 Å². The van der Waals surface area contributed by atoms with E-state index in [0.717, 1.165) is 12.8 Å². The Hall–Kier alpha value is -1.33. The Labute approximate surface area is 99.5 Å². The van der Waals surface area contributed by atoms with Crippen molar-refractivity contribution in [3.63, 3.8) is 0 Å². The van der Waals surface area contributed by atoms with E-state index in [2.05, 4.69) is 0 Å². The third-order valence-electron chi connectivity index (χ3n) is 2.72. The first-order valence-corrected chi connectivity index (χ1v) is 5.55. The minimum absolute atomic E-state index is 0.106. The summed E-state index contributed by atoms with van der Waals surface area (Å²) in [7, 11) is 1.61. The topological polar surface area (TPSA) is 53.7 Å². The van der Waals surface area contributed by atoms with Gasteiger partial charge in [0, 0.05) is 19.6 Å². The summed E-state index contributed by atoms with van der Waals surface area (Å²) in [5.74, 6) is 0.00941. The fourth-order valence-corrected chi connectivity index (χ4v) is 1.77. The average Bonchev–Trinajstić information content (AvgIpc) is 2.35. The van der Waals surface area contributed by atoms with E-state index in [1.165, 1.54) is 18.2 Å². The zero-order valence-electron chi connectivity index (χ0n) is 9.69. The van der Waals surface area contributed by atoms with Gasteiger partial charge in [-0.15, -0.1) is 0 Å². The van der Waals surface area contributed by atoms with Crippen molar-refractivity contribution < 1.29 is 18.6 Å². The molecular weight excluding hydrogens is 225 g/mol. The van der Waals surface area contributed by atoms with E-state index >= 15 is 0 Å². The van der Waals surface area contributed by atoms with Gasteiger partial charge in [0.1, 0.15) is 17.7 Å². The van der Waals surface area contributed by atoms with Crippen molar-refractivity contribution in [3.8, 4) is 5.75 Å². The minimum atomic E-state index is -0.360. The Balaban J connectivity index is 1.95. The predicted octanol–water partition coefficient (Wildman–Crippen LogP) is 1.94. The molecule has 2 atom stereocenters. The molecule has 1 aromatic carbocycles. The lowest BCUT2D eigenvalue weighted by molar-refractivity contribution is -0.168. The van der Waals surface area contributed by atoms with E-state index in [-0.39, 0.29) is 18.2 Å². The van der Waals surface area contributed by atoms with E-state index in [1.807, 2.05) is 0 Å². The summed E-state index contributed by atoms with van der Waals surface area (Å²) in [5.41, 5.74) is 6.13. The Bertz CT molecular complexity index is 378. The van der Waals surface area contributed by atoms with Crippen molar-refractivity contribution in [3.05, 3.63) is 24.0 Å². The van der Waals surface area contributed by atoms with Crippen molar-refractivity contribution in [2.45, 2.75) is 25.2 Å². The van der Waals surface area contributed by atoms with Gasteiger partial charge in [0.25, 0.3) is 0 Å². The van der Waals surface area contributed by atoms with Crippen molar-refractivity contribution in [1.82, 2.24) is 0 Å². The second kappa shape index (κ2) is 5.33. The zero-order chi connectivity index (χ0) is 12.3. The number of ether oxygens (including phenoxy) is 3. The first-order chi connectivity index (χ1) is 8.19. The second-order valence-electron chi connectivity index (χ2n) is 4.00. The molecule has 0 aromatic heterocycles. The SMILES string of the molecule is COC1CCC(Oc2cc(F)ccc2N)CO1. The van der Waals surface area contributed by atoms with Crippen LogP contribution in [0.1, 0.15) is 12.8 Å². The molecule has 0 amide bonds. The summed E-state index contributed by atoms with van der Waals surface area (Å²) in [6, 6.07) is 4.09. The molecule has 2 unspecified atom stereocenters. The van der Waals surface area contributed by atoms with Crippen molar-refractivity contribution in [1.29, 1.82) is 0 Å². The van der Waals surface area contributed by atoms with Gasteiger partial charge in [0.15, 0.2) is 6.29 Å². The maximum atomic E-state index is 13.0. The molecule has 0 radical (unpaired) electrons. The smallest absolute Gasteiger partial charge is 0.157 e. The van der Waals surface area contributed by atoms with Crippen LogP contribution in [0.5, 0.6) is 5.75 Å². The molecule has 1 saturated heterocycles. The van der Waals surface area contributed by atoms with Crippen LogP contribution in [0.2, 0.25) is 0 Å². The van der Waals surface area contributed by atoms with Crippen LogP contribution in [-0.4, -0.2) is 26.1 Å². The van der Waals surface area contributed by atoms with E-state index in [0.29, 0.717) is 18.0 Å². The quantitative estimate of drug-likeness (QED) is 0.822. The summed E-state index contributed by atoms with van der Waals surface area (Å²) in [4.78, 5) is 0. The third-order valence-corrected chi connectivity index (χ3v) is 2.72. The molecule has 1 aliphatic rings. The Morgan fingerprint density at radius 1 is 1.41 bits per heavy atom. The maximum Gasteiger partial charge on any atom is 0.157 e. The van der Waals surface area contributed by atoms with Gasteiger partial charge in [-0.05, 0) is 18.6 Å². The van der Waals surface area contributed by atoms with Gasteiger partial charge in [-0.25, -0.2) is 4.39 Å². The summed E-state index contributed by atoms with van der Waals surface area (Å²) in [6.07, 6.45) is 1.29. The minimum Gasteiger partial charge on any atom is -0.486 e. The molecule has 17 heavy (non-hydrogen) atoms. The molecule has 0 aliphatic carbocycles. The number of hydrogen-bond donors (Lipinski definition) is 1. The number of rotatable bonds is 3. The number of anilines is 1. The summed E-state index contributed by atoms with van der Waals surface area (Å²) < 4.78 is 29.1. The number of halogens is 1. The lowest BCUT2D eigenvalue weighted by Crippen LogP contribution is -2.34. The average molecular weight is 241 g/mol. The highest BCUT2D eigenvalue weighted by atomic mass is 19.1. The lowest BCUT2D eigenvalue weighted by Gasteiger charge is -2.28. The predicted molar refractivity (Wildman–Crippen MR) is 61.2 cm³/mol. The molecule has 4 nitrogen and oxygen atoms in total. The second-order valence-corrected chi connectivity index (χ2v) is 4.00. The van der Waals surface area contributed by atoms with E-state index < -0.39 is 0 Å². The number of nitrogens with two attached hydrogens (primary N) is 1. The van der Waals surface area contributed by atoms with Gasteiger partial charge < -0.3 is 19.9 Å². The van der Waals surface area contributed by atoms with Crippen LogP contribution >= 0.6 is 0 Å². The molecule has 0 bridgehead atoms. The van der Waals surface area contributed by atoms with Gasteiger partial charge in [0.05, 0.1) is 12.3 Å². The molecule has 1 fully saturated rings. The fraction of sp³-hybridized carbons (Fsp3) is 0.500. The zero-order valence-corrected chi connectivity index (χ0v) is 9.69. The highest BCUT2D eigenvalue weighted by Gasteiger charge is 2.23. The maximum absolute atomic E-state index is 13.0. The molecule has 0 saturated carbocycles. The molecule has 2 rings (SSSR count). The van der Waals surface area contributed by atoms with Crippen LogP contribution in [0.4, 0.5) is 10.1 Å². The molecule has 94 valence electrons. The molecular formula is C12H16FNO3. The third kappa shape index (κ3) is 3.08.